The van der Waals surface area contributed by atoms with Crippen LogP contribution in [0, 0.1) is 0 Å². The number of nitrogens with two attached hydrogens (primary N) is 1. The quantitative estimate of drug-likeness (QED) is 0.734. The second-order valence-electron chi connectivity index (χ2n) is 3.51. The van der Waals surface area contributed by atoms with Crippen molar-refractivity contribution >= 4 is 6.29 Å². The monoisotopic (exact) mass is 191 g/mol. The zero-order valence-corrected chi connectivity index (χ0v) is 7.90. The number of aldehydes is 1. The van der Waals surface area contributed by atoms with E-state index in [0.717, 1.165) is 30.4 Å². The number of hydrogen-bond donors (Lipinski definition) is 1. The van der Waals surface area contributed by atoms with E-state index in [-0.39, 0.29) is 0 Å². The van der Waals surface area contributed by atoms with Crippen molar-refractivity contribution < 1.29 is 9.53 Å². The number of carbonyl (C=O) groups excluding carboxylic acids is 1. The molecule has 1 fully saturated rings. The van der Waals surface area contributed by atoms with Gasteiger partial charge in [0.15, 0.2) is 0 Å². The van der Waals surface area contributed by atoms with Gasteiger partial charge in [-0.1, -0.05) is 0 Å². The van der Waals surface area contributed by atoms with Crippen LogP contribution in [0.3, 0.4) is 0 Å². The molecule has 0 aliphatic heterocycles. The Morgan fingerprint density at radius 3 is 2.86 bits per heavy atom. The Balaban J connectivity index is 2.23. The highest BCUT2D eigenvalue weighted by atomic mass is 16.5. The first-order valence-electron chi connectivity index (χ1n) is 4.78. The summed E-state index contributed by atoms with van der Waals surface area (Å²) in [5.74, 6) is 0.820. The molecule has 14 heavy (non-hydrogen) atoms. The number of ether oxygens (including phenoxy) is 1. The van der Waals surface area contributed by atoms with Crippen molar-refractivity contribution in [1.29, 1.82) is 0 Å². The van der Waals surface area contributed by atoms with Gasteiger partial charge in [-0.15, -0.1) is 0 Å². The number of benzene rings is 1. The number of rotatable bonds is 4. The Hall–Kier alpha value is -1.35. The lowest BCUT2D eigenvalue weighted by atomic mass is 10.1. The highest BCUT2D eigenvalue weighted by molar-refractivity contribution is 5.75. The van der Waals surface area contributed by atoms with Gasteiger partial charge in [0.25, 0.3) is 0 Å². The molecule has 0 heterocycles. The maximum atomic E-state index is 10.5. The van der Waals surface area contributed by atoms with Gasteiger partial charge in [-0.05, 0) is 31.0 Å². The Kier molecular flexibility index (Phi) is 2.50. The van der Waals surface area contributed by atoms with Gasteiger partial charge in [-0.2, -0.15) is 0 Å². The molecule has 1 saturated carbocycles. The minimum atomic E-state index is 0.363. The van der Waals surface area contributed by atoms with Crippen molar-refractivity contribution in [1.82, 2.24) is 0 Å². The molecule has 1 aliphatic carbocycles. The predicted octanol–water partition coefficient (Wildman–Crippen LogP) is 1.50. The van der Waals surface area contributed by atoms with E-state index in [2.05, 4.69) is 0 Å². The third kappa shape index (κ3) is 1.93. The third-order valence-corrected chi connectivity index (χ3v) is 2.26. The van der Waals surface area contributed by atoms with Gasteiger partial charge in [-0.3, -0.25) is 4.79 Å². The van der Waals surface area contributed by atoms with Crippen molar-refractivity contribution in [2.24, 2.45) is 5.73 Å². The summed E-state index contributed by atoms with van der Waals surface area (Å²) in [5.41, 5.74) is 7.13. The fraction of sp³-hybridized carbons (Fsp3) is 0.364. The Bertz CT molecular complexity index is 345. The molecule has 3 heteroatoms. The molecule has 2 N–H and O–H groups in total. The van der Waals surface area contributed by atoms with Gasteiger partial charge in [0.2, 0.25) is 0 Å². The van der Waals surface area contributed by atoms with Crippen LogP contribution < -0.4 is 10.5 Å². The molecular weight excluding hydrogens is 178 g/mol. The molecular formula is C11H13NO2. The second-order valence-corrected chi connectivity index (χ2v) is 3.51. The molecule has 0 amide bonds. The summed E-state index contributed by atoms with van der Waals surface area (Å²) in [6.45, 7) is 0.406. The molecule has 0 bridgehead atoms. The zero-order chi connectivity index (χ0) is 9.97. The molecule has 1 aromatic rings. The van der Waals surface area contributed by atoms with Gasteiger partial charge in [0.1, 0.15) is 12.0 Å². The van der Waals surface area contributed by atoms with E-state index >= 15 is 0 Å². The first-order chi connectivity index (χ1) is 6.83. The zero-order valence-electron chi connectivity index (χ0n) is 7.90. The Labute approximate surface area is 82.9 Å². The Morgan fingerprint density at radius 2 is 2.29 bits per heavy atom. The van der Waals surface area contributed by atoms with Gasteiger partial charge < -0.3 is 10.5 Å². The lowest BCUT2D eigenvalue weighted by molar-refractivity contribution is 0.112. The lowest BCUT2D eigenvalue weighted by Crippen LogP contribution is -2.04. The fourth-order valence-electron chi connectivity index (χ4n) is 1.31. The maximum absolute atomic E-state index is 10.5. The second kappa shape index (κ2) is 3.80. The summed E-state index contributed by atoms with van der Waals surface area (Å²) >= 11 is 0. The van der Waals surface area contributed by atoms with Gasteiger partial charge >= 0.3 is 0 Å². The molecule has 1 aliphatic rings. The average Bonchev–Trinajstić information content (AvgIpc) is 3.02. The Morgan fingerprint density at radius 1 is 1.50 bits per heavy atom. The summed E-state index contributed by atoms with van der Waals surface area (Å²) in [7, 11) is 0. The van der Waals surface area contributed by atoms with E-state index < -0.39 is 0 Å². The van der Waals surface area contributed by atoms with E-state index in [1.54, 1.807) is 12.1 Å². The summed E-state index contributed by atoms with van der Waals surface area (Å²) in [6.07, 6.45) is 3.43. The van der Waals surface area contributed by atoms with Crippen LogP contribution in [0.4, 0.5) is 0 Å². The SMILES string of the molecule is NCc1cc(C=O)ccc1OC1CC1. The molecule has 0 radical (unpaired) electrons. The third-order valence-electron chi connectivity index (χ3n) is 2.26. The van der Waals surface area contributed by atoms with E-state index in [1.165, 1.54) is 0 Å². The van der Waals surface area contributed by atoms with Crippen molar-refractivity contribution in [3.63, 3.8) is 0 Å². The van der Waals surface area contributed by atoms with Crippen LogP contribution in [0.1, 0.15) is 28.8 Å². The topological polar surface area (TPSA) is 52.3 Å². The first-order valence-corrected chi connectivity index (χ1v) is 4.78. The molecule has 2 rings (SSSR count). The average molecular weight is 191 g/mol. The van der Waals surface area contributed by atoms with Crippen molar-refractivity contribution in [3.8, 4) is 5.75 Å². The number of hydrogen-bond acceptors (Lipinski definition) is 3. The summed E-state index contributed by atoms with van der Waals surface area (Å²) < 4.78 is 5.65. The highest BCUT2D eigenvalue weighted by Gasteiger charge is 2.24. The van der Waals surface area contributed by atoms with Crippen LogP contribution in [0.25, 0.3) is 0 Å². The summed E-state index contributed by atoms with van der Waals surface area (Å²) in [4.78, 5) is 10.5. The number of carbonyl (C=O) groups is 1. The first kappa shape index (κ1) is 9.21. The van der Waals surface area contributed by atoms with Crippen LogP contribution in [0.15, 0.2) is 18.2 Å². The molecule has 0 spiro atoms. The maximum Gasteiger partial charge on any atom is 0.150 e. The molecule has 3 nitrogen and oxygen atoms in total. The minimum Gasteiger partial charge on any atom is -0.490 e. The fourth-order valence-corrected chi connectivity index (χ4v) is 1.31. The van der Waals surface area contributed by atoms with Crippen LogP contribution in [-0.2, 0) is 6.54 Å². The summed E-state index contributed by atoms with van der Waals surface area (Å²) in [6, 6.07) is 5.36. The van der Waals surface area contributed by atoms with Crippen LogP contribution in [0.2, 0.25) is 0 Å². The van der Waals surface area contributed by atoms with Gasteiger partial charge in [0.05, 0.1) is 6.10 Å². The van der Waals surface area contributed by atoms with E-state index in [4.69, 9.17) is 10.5 Å². The molecule has 74 valence electrons. The van der Waals surface area contributed by atoms with Gasteiger partial charge in [-0.25, -0.2) is 0 Å². The predicted molar refractivity (Wildman–Crippen MR) is 53.4 cm³/mol. The van der Waals surface area contributed by atoms with Crippen molar-refractivity contribution in [2.75, 3.05) is 0 Å². The van der Waals surface area contributed by atoms with Crippen molar-refractivity contribution in [2.45, 2.75) is 25.5 Å². The highest BCUT2D eigenvalue weighted by Crippen LogP contribution is 2.29. The molecule has 0 saturated heterocycles. The molecule has 0 unspecified atom stereocenters. The normalized spacial score (nSPS) is 15.2. The van der Waals surface area contributed by atoms with Crippen LogP contribution in [0.5, 0.6) is 5.75 Å². The summed E-state index contributed by atoms with van der Waals surface area (Å²) in [5, 5.41) is 0. The minimum absolute atomic E-state index is 0.363. The molecule has 0 atom stereocenters. The van der Waals surface area contributed by atoms with E-state index in [0.29, 0.717) is 18.2 Å². The molecule has 1 aromatic carbocycles. The standard InChI is InChI=1S/C11H13NO2/c12-6-9-5-8(7-13)1-4-11(9)14-10-2-3-10/h1,4-5,7,10H,2-3,6,12H2. The van der Waals surface area contributed by atoms with Crippen LogP contribution >= 0.6 is 0 Å². The lowest BCUT2D eigenvalue weighted by Gasteiger charge is -2.09. The van der Waals surface area contributed by atoms with E-state index in [9.17, 15) is 4.79 Å². The van der Waals surface area contributed by atoms with Crippen LogP contribution in [-0.4, -0.2) is 12.4 Å². The van der Waals surface area contributed by atoms with E-state index in [1.807, 2.05) is 6.07 Å². The van der Waals surface area contributed by atoms with Crippen molar-refractivity contribution in [3.05, 3.63) is 29.3 Å². The van der Waals surface area contributed by atoms with Gasteiger partial charge in [0, 0.05) is 17.7 Å². The largest absolute Gasteiger partial charge is 0.490 e. The smallest absolute Gasteiger partial charge is 0.150 e. The molecule has 0 aromatic heterocycles.